The first-order valence-corrected chi connectivity index (χ1v) is 5.74. The summed E-state index contributed by atoms with van der Waals surface area (Å²) in [5, 5.41) is 0. The van der Waals surface area contributed by atoms with Crippen LogP contribution >= 0.6 is 0 Å². The third-order valence-corrected chi connectivity index (χ3v) is 2.65. The first-order valence-electron chi connectivity index (χ1n) is 5.74. The van der Waals surface area contributed by atoms with Crippen LogP contribution in [-0.2, 0) is 0 Å². The number of hydrogen-bond acceptors (Lipinski definition) is 2. The molecule has 86 valence electrons. The van der Waals surface area contributed by atoms with E-state index in [-0.39, 0.29) is 12.1 Å². The largest absolute Gasteiger partial charge is 0.290 e. The summed E-state index contributed by atoms with van der Waals surface area (Å²) < 4.78 is 0. The van der Waals surface area contributed by atoms with Gasteiger partial charge in [-0.1, -0.05) is 24.3 Å². The molecule has 0 bridgehead atoms. The molecule has 0 aliphatic rings. The van der Waals surface area contributed by atoms with E-state index in [9.17, 15) is 0 Å². The second-order valence-corrected chi connectivity index (χ2v) is 3.83. The van der Waals surface area contributed by atoms with Crippen molar-refractivity contribution >= 4 is 12.4 Å². The molecule has 0 aliphatic carbocycles. The maximum absolute atomic E-state index is 4.35. The van der Waals surface area contributed by atoms with Crippen molar-refractivity contribution in [1.82, 2.24) is 0 Å². The van der Waals surface area contributed by atoms with Crippen LogP contribution in [0.4, 0.5) is 0 Å². The van der Waals surface area contributed by atoms with Crippen LogP contribution in [0, 0.1) is 0 Å². The van der Waals surface area contributed by atoms with E-state index in [4.69, 9.17) is 0 Å². The molecule has 0 spiro atoms. The Labute approximate surface area is 98.1 Å². The van der Waals surface area contributed by atoms with Crippen molar-refractivity contribution in [3.8, 4) is 0 Å². The highest BCUT2D eigenvalue weighted by Crippen LogP contribution is 2.21. The van der Waals surface area contributed by atoms with Crippen molar-refractivity contribution in [3.05, 3.63) is 35.4 Å². The van der Waals surface area contributed by atoms with E-state index < -0.39 is 0 Å². The summed E-state index contributed by atoms with van der Waals surface area (Å²) in [6, 6.07) is 9.01. The summed E-state index contributed by atoms with van der Waals surface area (Å²) in [5.41, 5.74) is 2.49. The van der Waals surface area contributed by atoms with Crippen LogP contribution in [0.5, 0.6) is 0 Å². The number of rotatable bonds is 4. The van der Waals surface area contributed by atoms with Crippen LogP contribution in [-0.4, -0.2) is 12.4 Å². The third kappa shape index (κ3) is 3.30. The molecule has 0 heterocycles. The third-order valence-electron chi connectivity index (χ3n) is 2.65. The van der Waals surface area contributed by atoms with Crippen molar-refractivity contribution < 1.29 is 0 Å². The van der Waals surface area contributed by atoms with E-state index in [1.165, 1.54) is 11.1 Å². The molecule has 0 N–H and O–H groups in total. The zero-order chi connectivity index (χ0) is 12.0. The molecule has 1 aromatic carbocycles. The molecular formula is C14H20N2. The topological polar surface area (TPSA) is 24.7 Å². The summed E-state index contributed by atoms with van der Waals surface area (Å²) >= 11 is 0. The van der Waals surface area contributed by atoms with E-state index in [1.54, 1.807) is 0 Å². The Hall–Kier alpha value is -1.44. The Kier molecular flexibility index (Phi) is 4.90. The fourth-order valence-corrected chi connectivity index (χ4v) is 1.67. The highest BCUT2D eigenvalue weighted by Gasteiger charge is 2.05. The van der Waals surface area contributed by atoms with Gasteiger partial charge in [0.05, 0.1) is 12.1 Å². The fraction of sp³-hybridized carbons (Fsp3) is 0.429. The second kappa shape index (κ2) is 6.21. The molecule has 2 unspecified atom stereocenters. The van der Waals surface area contributed by atoms with Gasteiger partial charge in [0.2, 0.25) is 0 Å². The molecule has 1 aromatic rings. The van der Waals surface area contributed by atoms with Gasteiger partial charge in [-0.25, -0.2) is 0 Å². The van der Waals surface area contributed by atoms with Crippen LogP contribution in [0.1, 0.15) is 50.9 Å². The Morgan fingerprint density at radius 2 is 1.12 bits per heavy atom. The zero-order valence-electron chi connectivity index (χ0n) is 10.5. The van der Waals surface area contributed by atoms with Crippen LogP contribution in [0.3, 0.4) is 0 Å². The molecule has 0 radical (unpaired) electrons. The van der Waals surface area contributed by atoms with E-state index >= 15 is 0 Å². The molecular weight excluding hydrogens is 196 g/mol. The lowest BCUT2D eigenvalue weighted by molar-refractivity contribution is 0.805. The van der Waals surface area contributed by atoms with Gasteiger partial charge in [0, 0.05) is 0 Å². The second-order valence-electron chi connectivity index (χ2n) is 3.83. The normalized spacial score (nSPS) is 15.8. The smallest absolute Gasteiger partial charge is 0.0716 e. The van der Waals surface area contributed by atoms with Gasteiger partial charge >= 0.3 is 0 Å². The van der Waals surface area contributed by atoms with Gasteiger partial charge in [-0.05, 0) is 51.3 Å². The summed E-state index contributed by atoms with van der Waals surface area (Å²) in [6.07, 6.45) is 3.70. The monoisotopic (exact) mass is 216 g/mol. The molecule has 0 fully saturated rings. The highest BCUT2D eigenvalue weighted by molar-refractivity contribution is 5.54. The van der Waals surface area contributed by atoms with Crippen molar-refractivity contribution in [3.63, 3.8) is 0 Å². The number of hydrogen-bond donors (Lipinski definition) is 0. The molecule has 0 saturated heterocycles. The van der Waals surface area contributed by atoms with Crippen molar-refractivity contribution in [2.24, 2.45) is 9.98 Å². The molecule has 0 aromatic heterocycles. The minimum Gasteiger partial charge on any atom is -0.290 e. The Morgan fingerprint density at radius 3 is 1.38 bits per heavy atom. The Balaban J connectivity index is 2.82. The zero-order valence-corrected chi connectivity index (χ0v) is 10.5. The van der Waals surface area contributed by atoms with Crippen molar-refractivity contribution in [2.75, 3.05) is 0 Å². The van der Waals surface area contributed by atoms with Crippen molar-refractivity contribution in [2.45, 2.75) is 39.8 Å². The Bertz CT molecular complexity index is 326. The van der Waals surface area contributed by atoms with Crippen LogP contribution in [0.25, 0.3) is 0 Å². The minimum absolute atomic E-state index is 0.240. The highest BCUT2D eigenvalue weighted by atomic mass is 14.8. The van der Waals surface area contributed by atoms with Gasteiger partial charge in [-0.3, -0.25) is 9.98 Å². The molecule has 2 atom stereocenters. The lowest BCUT2D eigenvalue weighted by atomic mass is 10.0. The quantitative estimate of drug-likeness (QED) is 0.680. The summed E-state index contributed by atoms with van der Waals surface area (Å²) in [7, 11) is 0. The van der Waals surface area contributed by atoms with Crippen LogP contribution in [0.2, 0.25) is 0 Å². The number of nitrogens with zero attached hydrogens (tertiary/aromatic N) is 2. The maximum atomic E-state index is 4.35. The maximum Gasteiger partial charge on any atom is 0.0716 e. The average molecular weight is 216 g/mol. The van der Waals surface area contributed by atoms with Gasteiger partial charge < -0.3 is 0 Å². The van der Waals surface area contributed by atoms with Gasteiger partial charge in [0.25, 0.3) is 0 Å². The van der Waals surface area contributed by atoms with E-state index in [1.807, 2.05) is 26.3 Å². The van der Waals surface area contributed by atoms with Crippen molar-refractivity contribution in [1.29, 1.82) is 0 Å². The lowest BCUT2D eigenvalue weighted by Gasteiger charge is -2.10. The summed E-state index contributed by atoms with van der Waals surface area (Å²) in [4.78, 5) is 8.70. The average Bonchev–Trinajstić information content (AvgIpc) is 2.30. The lowest BCUT2D eigenvalue weighted by Crippen LogP contribution is -1.93. The van der Waals surface area contributed by atoms with Gasteiger partial charge in [0.1, 0.15) is 0 Å². The van der Waals surface area contributed by atoms with E-state index in [0.29, 0.717) is 0 Å². The molecule has 2 heteroatoms. The number of benzene rings is 1. The first-order chi connectivity index (χ1) is 7.69. The van der Waals surface area contributed by atoms with Crippen LogP contribution < -0.4 is 0 Å². The predicted molar refractivity (Wildman–Crippen MR) is 71.6 cm³/mol. The minimum atomic E-state index is 0.240. The standard InChI is InChI=1S/C14H20N2/c1-5-15-11(3)13-7-9-14(10-8-13)12(4)16-6-2/h5-12H,1-4H3. The van der Waals surface area contributed by atoms with Gasteiger partial charge in [-0.15, -0.1) is 0 Å². The Morgan fingerprint density at radius 1 is 0.812 bits per heavy atom. The SMILES string of the molecule is CC=NC(C)c1ccc(C(C)N=CC)cc1. The molecule has 2 nitrogen and oxygen atoms in total. The molecule has 0 aliphatic heterocycles. The molecule has 0 saturated carbocycles. The van der Waals surface area contributed by atoms with Crippen LogP contribution in [0.15, 0.2) is 34.3 Å². The first kappa shape index (κ1) is 12.6. The summed E-state index contributed by atoms with van der Waals surface area (Å²) in [5.74, 6) is 0. The number of aliphatic imine (C=N–C) groups is 2. The van der Waals surface area contributed by atoms with E-state index in [2.05, 4.69) is 48.1 Å². The fourth-order valence-electron chi connectivity index (χ4n) is 1.67. The molecule has 1 rings (SSSR count). The molecule has 0 amide bonds. The molecule has 16 heavy (non-hydrogen) atoms. The predicted octanol–water partition coefficient (Wildman–Crippen LogP) is 3.99. The summed E-state index contributed by atoms with van der Waals surface area (Å²) in [6.45, 7) is 8.09. The van der Waals surface area contributed by atoms with E-state index in [0.717, 1.165) is 0 Å². The van der Waals surface area contributed by atoms with Gasteiger partial charge in [0.15, 0.2) is 0 Å². The van der Waals surface area contributed by atoms with Gasteiger partial charge in [-0.2, -0.15) is 0 Å².